The van der Waals surface area contributed by atoms with E-state index in [2.05, 4.69) is 0 Å². The number of carboxylic acid groups (broad SMARTS) is 1. The fraction of sp³-hybridized carbons (Fsp3) is 0.200. The lowest BCUT2D eigenvalue weighted by Crippen LogP contribution is -2.37. The third-order valence-electron chi connectivity index (χ3n) is 3.87. The number of hydrogen-bond acceptors (Lipinski definition) is 3. The Morgan fingerprint density at radius 2 is 1.59 bits per heavy atom. The number of rotatable bonds is 6. The van der Waals surface area contributed by atoms with Crippen molar-refractivity contribution in [3.63, 3.8) is 0 Å². The molecule has 0 amide bonds. The number of carbonyl (C=O) groups is 2. The molecule has 0 saturated heterocycles. The number of allylic oxidation sites excluding steroid dienone is 1. The molecule has 2 aromatic rings. The summed E-state index contributed by atoms with van der Waals surface area (Å²) >= 11 is 12.3. The van der Waals surface area contributed by atoms with Crippen molar-refractivity contribution in [2.24, 2.45) is 0 Å². The van der Waals surface area contributed by atoms with Crippen molar-refractivity contribution >= 4 is 41.0 Å². The van der Waals surface area contributed by atoms with Crippen LogP contribution in [0.5, 0.6) is 5.75 Å². The van der Waals surface area contributed by atoms with Crippen LogP contribution in [-0.2, 0) is 11.0 Å². The van der Waals surface area contributed by atoms with Crippen molar-refractivity contribution in [2.75, 3.05) is 0 Å². The Bertz CT molecular complexity index is 965. The SMILES string of the molecule is CC(C)(Oc1ccc(/C=C/C(=O)c2ccc(C(F)(F)F)cc2)c(Cl)c1Cl)C(=O)O. The van der Waals surface area contributed by atoms with Crippen LogP contribution >= 0.6 is 23.2 Å². The molecule has 0 unspecified atom stereocenters. The molecule has 0 bridgehead atoms. The first-order chi connectivity index (χ1) is 13.3. The van der Waals surface area contributed by atoms with Gasteiger partial charge in [0.05, 0.1) is 10.6 Å². The number of alkyl halides is 3. The van der Waals surface area contributed by atoms with E-state index in [1.165, 1.54) is 32.1 Å². The summed E-state index contributed by atoms with van der Waals surface area (Å²) in [4.78, 5) is 23.3. The second-order valence-corrected chi connectivity index (χ2v) is 7.23. The fourth-order valence-corrected chi connectivity index (χ4v) is 2.59. The minimum Gasteiger partial charge on any atom is -0.478 e. The minimum absolute atomic E-state index is 0.0295. The van der Waals surface area contributed by atoms with Gasteiger partial charge in [-0.25, -0.2) is 4.79 Å². The molecule has 0 aliphatic carbocycles. The van der Waals surface area contributed by atoms with Crippen molar-refractivity contribution in [2.45, 2.75) is 25.6 Å². The van der Waals surface area contributed by atoms with Crippen LogP contribution in [0.1, 0.15) is 35.3 Å². The van der Waals surface area contributed by atoms with E-state index in [9.17, 15) is 22.8 Å². The smallest absolute Gasteiger partial charge is 0.416 e. The van der Waals surface area contributed by atoms with E-state index < -0.39 is 29.1 Å². The molecular formula is C20H15Cl2F3O4. The molecule has 0 saturated carbocycles. The second-order valence-electron chi connectivity index (χ2n) is 6.47. The molecule has 0 atom stereocenters. The maximum Gasteiger partial charge on any atom is 0.416 e. The Balaban J connectivity index is 2.21. The van der Waals surface area contributed by atoms with Crippen LogP contribution in [0, 0.1) is 0 Å². The lowest BCUT2D eigenvalue weighted by atomic mass is 10.1. The summed E-state index contributed by atoms with van der Waals surface area (Å²) in [6.07, 6.45) is -2.00. The molecule has 0 fully saturated rings. The molecule has 1 N–H and O–H groups in total. The van der Waals surface area contributed by atoms with E-state index in [-0.39, 0.29) is 21.4 Å². The van der Waals surface area contributed by atoms with Gasteiger partial charge in [0.15, 0.2) is 11.4 Å². The maximum absolute atomic E-state index is 12.6. The Hall–Kier alpha value is -2.51. The number of benzene rings is 2. The highest BCUT2D eigenvalue weighted by atomic mass is 35.5. The highest BCUT2D eigenvalue weighted by molar-refractivity contribution is 6.43. The fourth-order valence-electron chi connectivity index (χ4n) is 2.16. The lowest BCUT2D eigenvalue weighted by Gasteiger charge is -2.22. The number of carbonyl (C=O) groups excluding carboxylic acids is 1. The van der Waals surface area contributed by atoms with Gasteiger partial charge < -0.3 is 9.84 Å². The van der Waals surface area contributed by atoms with E-state index >= 15 is 0 Å². The summed E-state index contributed by atoms with van der Waals surface area (Å²) in [6, 6.07) is 6.67. The van der Waals surface area contributed by atoms with E-state index in [0.29, 0.717) is 5.56 Å². The normalized spacial score (nSPS) is 12.2. The van der Waals surface area contributed by atoms with E-state index in [1.807, 2.05) is 0 Å². The Morgan fingerprint density at radius 1 is 1.00 bits per heavy atom. The standard InChI is InChI=1S/C20H15Cl2F3O4/c1-19(2,18(27)28)29-15-10-6-12(16(21)17(15)22)5-9-14(26)11-3-7-13(8-4-11)20(23,24)25/h3-10H,1-2H3,(H,27,28)/b9-5+. The molecule has 0 aliphatic heterocycles. The summed E-state index contributed by atoms with van der Waals surface area (Å²) < 4.78 is 43.1. The zero-order valence-electron chi connectivity index (χ0n) is 15.2. The first-order valence-electron chi connectivity index (χ1n) is 8.13. The third-order valence-corrected chi connectivity index (χ3v) is 4.75. The summed E-state index contributed by atoms with van der Waals surface area (Å²) in [5, 5.41) is 9.11. The first-order valence-corrected chi connectivity index (χ1v) is 8.88. The van der Waals surface area contributed by atoms with Gasteiger partial charge in [-0.1, -0.05) is 35.3 Å². The van der Waals surface area contributed by atoms with Gasteiger partial charge in [0, 0.05) is 5.56 Å². The molecule has 29 heavy (non-hydrogen) atoms. The predicted molar refractivity (Wildman–Crippen MR) is 104 cm³/mol. The first kappa shape index (κ1) is 22.8. The molecule has 4 nitrogen and oxygen atoms in total. The van der Waals surface area contributed by atoms with Crippen LogP contribution in [0.2, 0.25) is 10.0 Å². The molecule has 2 rings (SSSR count). The average Bonchev–Trinajstić information content (AvgIpc) is 2.64. The van der Waals surface area contributed by atoms with Gasteiger partial charge in [-0.05, 0) is 55.8 Å². The Morgan fingerprint density at radius 3 is 2.10 bits per heavy atom. The van der Waals surface area contributed by atoms with Crippen LogP contribution in [0.15, 0.2) is 42.5 Å². The second kappa shape index (κ2) is 8.47. The van der Waals surface area contributed by atoms with Gasteiger partial charge in [0.1, 0.15) is 10.8 Å². The quantitative estimate of drug-likeness (QED) is 0.426. The van der Waals surface area contributed by atoms with Gasteiger partial charge in [-0.15, -0.1) is 0 Å². The largest absolute Gasteiger partial charge is 0.478 e. The lowest BCUT2D eigenvalue weighted by molar-refractivity contribution is -0.152. The predicted octanol–water partition coefficient (Wildman–Crippen LogP) is 6.15. The summed E-state index contributed by atoms with van der Waals surface area (Å²) in [7, 11) is 0. The zero-order valence-corrected chi connectivity index (χ0v) is 16.7. The summed E-state index contributed by atoms with van der Waals surface area (Å²) in [6.45, 7) is 2.69. The van der Waals surface area contributed by atoms with Gasteiger partial charge in [0.2, 0.25) is 0 Å². The number of ketones is 1. The number of halogens is 5. The topological polar surface area (TPSA) is 63.6 Å². The molecule has 0 spiro atoms. The van der Waals surface area contributed by atoms with Crippen LogP contribution < -0.4 is 4.74 Å². The monoisotopic (exact) mass is 446 g/mol. The molecule has 9 heteroatoms. The number of aliphatic carboxylic acids is 1. The van der Waals surface area contributed by atoms with Crippen molar-refractivity contribution in [1.29, 1.82) is 0 Å². The molecular weight excluding hydrogens is 432 g/mol. The van der Waals surface area contributed by atoms with E-state index in [1.54, 1.807) is 0 Å². The third kappa shape index (κ3) is 5.52. The Labute approximate surface area is 174 Å². The van der Waals surface area contributed by atoms with Gasteiger partial charge >= 0.3 is 12.1 Å². The number of ether oxygens (including phenoxy) is 1. The van der Waals surface area contributed by atoms with E-state index in [0.717, 1.165) is 30.3 Å². The van der Waals surface area contributed by atoms with Gasteiger partial charge in [0.25, 0.3) is 0 Å². The molecule has 0 heterocycles. The van der Waals surface area contributed by atoms with Gasteiger partial charge in [-0.3, -0.25) is 4.79 Å². The van der Waals surface area contributed by atoms with Crippen LogP contribution in [0.4, 0.5) is 13.2 Å². The molecule has 0 radical (unpaired) electrons. The highest BCUT2D eigenvalue weighted by Gasteiger charge is 2.31. The van der Waals surface area contributed by atoms with Crippen LogP contribution in [0.3, 0.4) is 0 Å². The molecule has 2 aromatic carbocycles. The molecule has 0 aliphatic rings. The van der Waals surface area contributed by atoms with Crippen molar-refractivity contribution < 1.29 is 32.6 Å². The summed E-state index contributed by atoms with van der Waals surface area (Å²) in [5.74, 6) is -1.68. The van der Waals surface area contributed by atoms with Crippen LogP contribution in [0.25, 0.3) is 6.08 Å². The number of hydrogen-bond donors (Lipinski definition) is 1. The number of carboxylic acids is 1. The van der Waals surface area contributed by atoms with E-state index in [4.69, 9.17) is 33.0 Å². The average molecular weight is 447 g/mol. The maximum atomic E-state index is 12.6. The van der Waals surface area contributed by atoms with Gasteiger partial charge in [-0.2, -0.15) is 13.2 Å². The van der Waals surface area contributed by atoms with Crippen molar-refractivity contribution in [3.05, 3.63) is 69.2 Å². The van der Waals surface area contributed by atoms with Crippen molar-refractivity contribution in [3.8, 4) is 5.75 Å². The Kier molecular flexibility index (Phi) is 6.65. The van der Waals surface area contributed by atoms with Crippen LogP contribution in [-0.4, -0.2) is 22.5 Å². The zero-order chi connectivity index (χ0) is 22.0. The summed E-state index contributed by atoms with van der Waals surface area (Å²) in [5.41, 5.74) is -1.98. The van der Waals surface area contributed by atoms with Crippen molar-refractivity contribution in [1.82, 2.24) is 0 Å². The molecule has 154 valence electrons. The highest BCUT2D eigenvalue weighted by Crippen LogP contribution is 2.37. The minimum atomic E-state index is -4.49. The molecule has 0 aromatic heterocycles.